The van der Waals surface area contributed by atoms with Crippen molar-refractivity contribution in [3.63, 3.8) is 0 Å². The van der Waals surface area contributed by atoms with Gasteiger partial charge in [0, 0.05) is 18.0 Å². The van der Waals surface area contributed by atoms with E-state index >= 15 is 0 Å². The van der Waals surface area contributed by atoms with Crippen LogP contribution in [0.5, 0.6) is 0 Å². The molecule has 1 aromatic carbocycles. The molecule has 1 aliphatic heterocycles. The van der Waals surface area contributed by atoms with Crippen molar-refractivity contribution >= 4 is 0 Å². The lowest BCUT2D eigenvalue weighted by atomic mass is 9.96. The monoisotopic (exact) mass is 279 g/mol. The maximum absolute atomic E-state index is 13.6. The van der Waals surface area contributed by atoms with E-state index in [0.29, 0.717) is 12.4 Å². The quantitative estimate of drug-likeness (QED) is 0.866. The second kappa shape index (κ2) is 5.66. The van der Waals surface area contributed by atoms with Crippen molar-refractivity contribution in [3.8, 4) is 0 Å². The summed E-state index contributed by atoms with van der Waals surface area (Å²) in [6.07, 6.45) is 3.05. The smallest absolute Gasteiger partial charge is 0.219 e. The molecule has 1 saturated heterocycles. The molecule has 1 aromatic heterocycles. The zero-order valence-electron chi connectivity index (χ0n) is 10.9. The number of aromatic nitrogens is 2. The second-order valence-corrected chi connectivity index (χ2v) is 5.03. The first-order chi connectivity index (χ1) is 9.74. The highest BCUT2D eigenvalue weighted by Crippen LogP contribution is 2.27. The van der Waals surface area contributed by atoms with Gasteiger partial charge in [0.05, 0.1) is 0 Å². The molecule has 0 spiro atoms. The minimum absolute atomic E-state index is 0.142. The van der Waals surface area contributed by atoms with Gasteiger partial charge in [0.25, 0.3) is 0 Å². The third-order valence-corrected chi connectivity index (χ3v) is 3.76. The topological polar surface area (TPSA) is 42.2 Å². The van der Waals surface area contributed by atoms with Gasteiger partial charge in [0.15, 0.2) is 0 Å². The first kappa shape index (κ1) is 13.2. The average molecular weight is 279 g/mol. The van der Waals surface area contributed by atoms with Crippen LogP contribution in [0.3, 0.4) is 0 Å². The summed E-state index contributed by atoms with van der Waals surface area (Å²) in [5.41, 5.74) is 0.142. The molecule has 20 heavy (non-hydrogen) atoms. The van der Waals surface area contributed by atoms with Crippen LogP contribution in [0.2, 0.25) is 0 Å². The van der Waals surface area contributed by atoms with Gasteiger partial charge in [-0.25, -0.2) is 8.78 Å². The first-order valence-electron chi connectivity index (χ1n) is 6.65. The highest BCUT2D eigenvalue weighted by atomic mass is 19.1. The number of hydrogen-bond donors (Lipinski definition) is 0. The van der Waals surface area contributed by atoms with Crippen molar-refractivity contribution in [2.24, 2.45) is 0 Å². The van der Waals surface area contributed by atoms with E-state index in [9.17, 15) is 8.78 Å². The summed E-state index contributed by atoms with van der Waals surface area (Å²) >= 11 is 0. The van der Waals surface area contributed by atoms with Crippen LogP contribution in [0.1, 0.15) is 30.2 Å². The van der Waals surface area contributed by atoms with E-state index in [1.54, 1.807) is 0 Å². The highest BCUT2D eigenvalue weighted by molar-refractivity contribution is 5.19. The Hall–Kier alpha value is -1.82. The minimum Gasteiger partial charge on any atom is -0.428 e. The fraction of sp³-hybridized carbons (Fsp3) is 0.429. The molecule has 0 bridgehead atoms. The van der Waals surface area contributed by atoms with E-state index in [1.165, 1.54) is 24.6 Å². The Labute approximate surface area is 115 Å². The van der Waals surface area contributed by atoms with E-state index in [4.69, 9.17) is 4.42 Å². The van der Waals surface area contributed by atoms with Crippen LogP contribution in [-0.4, -0.2) is 28.2 Å². The van der Waals surface area contributed by atoms with E-state index in [-0.39, 0.29) is 11.5 Å². The molecule has 0 atom stereocenters. The Kier molecular flexibility index (Phi) is 3.73. The van der Waals surface area contributed by atoms with Gasteiger partial charge in [-0.2, -0.15) is 0 Å². The van der Waals surface area contributed by atoms with Crippen LogP contribution in [0.25, 0.3) is 0 Å². The Morgan fingerprint density at radius 3 is 2.50 bits per heavy atom. The molecule has 0 N–H and O–H groups in total. The summed E-state index contributed by atoms with van der Waals surface area (Å²) in [6, 6.07) is 3.98. The van der Waals surface area contributed by atoms with Crippen molar-refractivity contribution in [2.45, 2.75) is 25.3 Å². The van der Waals surface area contributed by atoms with Gasteiger partial charge < -0.3 is 4.42 Å². The molecule has 0 saturated carbocycles. The molecule has 2 aromatic rings. The lowest BCUT2D eigenvalue weighted by molar-refractivity contribution is 0.188. The Balaban J connectivity index is 1.61. The van der Waals surface area contributed by atoms with Gasteiger partial charge in [0.2, 0.25) is 12.3 Å². The number of benzene rings is 1. The summed E-state index contributed by atoms with van der Waals surface area (Å²) in [5.74, 6) is -0.0611. The lowest BCUT2D eigenvalue weighted by Gasteiger charge is -2.30. The van der Waals surface area contributed by atoms with Crippen LogP contribution in [0, 0.1) is 11.6 Å². The van der Waals surface area contributed by atoms with Crippen molar-refractivity contribution in [3.05, 3.63) is 47.7 Å². The predicted molar refractivity (Wildman–Crippen MR) is 67.9 cm³/mol. The number of likely N-dealkylation sites (tertiary alicyclic amines) is 1. The molecule has 0 amide bonds. The minimum atomic E-state index is -0.482. The van der Waals surface area contributed by atoms with Gasteiger partial charge in [-0.05, 0) is 38.1 Å². The third-order valence-electron chi connectivity index (χ3n) is 3.76. The molecule has 0 aliphatic carbocycles. The number of hydrogen-bond acceptors (Lipinski definition) is 4. The number of rotatable bonds is 3. The number of nitrogens with zero attached hydrogens (tertiary/aromatic N) is 3. The predicted octanol–water partition coefficient (Wildman–Crippen LogP) is 2.73. The first-order valence-corrected chi connectivity index (χ1v) is 6.65. The SMILES string of the molecule is Fc1cccc(F)c1CN1CCC(c2nnco2)CC1. The molecule has 1 aliphatic rings. The van der Waals surface area contributed by atoms with E-state index in [0.717, 1.165) is 25.9 Å². The molecule has 6 heteroatoms. The maximum atomic E-state index is 13.6. The van der Waals surface area contributed by atoms with Crippen LogP contribution in [-0.2, 0) is 6.54 Å². The molecular weight excluding hydrogens is 264 g/mol. The fourth-order valence-electron chi connectivity index (χ4n) is 2.60. The highest BCUT2D eigenvalue weighted by Gasteiger charge is 2.25. The van der Waals surface area contributed by atoms with Crippen LogP contribution >= 0.6 is 0 Å². The third kappa shape index (κ3) is 2.70. The van der Waals surface area contributed by atoms with Crippen molar-refractivity contribution in [1.29, 1.82) is 0 Å². The van der Waals surface area contributed by atoms with Gasteiger partial charge in [0.1, 0.15) is 11.6 Å². The molecule has 3 rings (SSSR count). The molecule has 2 heterocycles. The Morgan fingerprint density at radius 1 is 1.20 bits per heavy atom. The van der Waals surface area contributed by atoms with Gasteiger partial charge in [-0.1, -0.05) is 6.07 Å². The summed E-state index contributed by atoms with van der Waals surface area (Å²) in [5, 5.41) is 7.60. The van der Waals surface area contributed by atoms with E-state index in [1.807, 2.05) is 4.90 Å². The van der Waals surface area contributed by atoms with Crippen LogP contribution in [0.4, 0.5) is 8.78 Å². The van der Waals surface area contributed by atoms with Crippen LogP contribution < -0.4 is 0 Å². The zero-order valence-corrected chi connectivity index (χ0v) is 10.9. The number of piperidine rings is 1. The Morgan fingerprint density at radius 2 is 1.90 bits per heavy atom. The summed E-state index contributed by atoms with van der Waals surface area (Å²) in [4.78, 5) is 2.05. The Bertz CT molecular complexity index is 546. The maximum Gasteiger partial charge on any atom is 0.219 e. The number of halogens is 2. The summed E-state index contributed by atoms with van der Waals surface area (Å²) < 4.78 is 32.4. The van der Waals surface area contributed by atoms with Crippen molar-refractivity contribution in [1.82, 2.24) is 15.1 Å². The lowest BCUT2D eigenvalue weighted by Crippen LogP contribution is -2.33. The molecule has 4 nitrogen and oxygen atoms in total. The zero-order chi connectivity index (χ0) is 13.9. The molecule has 106 valence electrons. The van der Waals surface area contributed by atoms with E-state index in [2.05, 4.69) is 10.2 Å². The van der Waals surface area contributed by atoms with E-state index < -0.39 is 11.6 Å². The van der Waals surface area contributed by atoms with Crippen LogP contribution in [0.15, 0.2) is 29.0 Å². The molecule has 0 unspecified atom stereocenters. The molecular formula is C14H15F2N3O. The molecule has 0 radical (unpaired) electrons. The van der Waals surface area contributed by atoms with Gasteiger partial charge in [-0.3, -0.25) is 4.90 Å². The average Bonchev–Trinajstić information content (AvgIpc) is 2.98. The molecule has 1 fully saturated rings. The normalized spacial score (nSPS) is 17.5. The summed E-state index contributed by atoms with van der Waals surface area (Å²) in [6.45, 7) is 1.83. The summed E-state index contributed by atoms with van der Waals surface area (Å²) in [7, 11) is 0. The largest absolute Gasteiger partial charge is 0.428 e. The second-order valence-electron chi connectivity index (χ2n) is 5.03. The van der Waals surface area contributed by atoms with Gasteiger partial charge >= 0.3 is 0 Å². The standard InChI is InChI=1S/C14H15F2N3O/c15-12-2-1-3-13(16)11(12)8-19-6-4-10(5-7-19)14-18-17-9-20-14/h1-3,9-10H,4-8H2. The van der Waals surface area contributed by atoms with Crippen molar-refractivity contribution < 1.29 is 13.2 Å². The van der Waals surface area contributed by atoms with Crippen molar-refractivity contribution in [2.75, 3.05) is 13.1 Å². The van der Waals surface area contributed by atoms with Gasteiger partial charge in [-0.15, -0.1) is 10.2 Å². The fourth-order valence-corrected chi connectivity index (χ4v) is 2.60.